The van der Waals surface area contributed by atoms with Crippen LogP contribution in [-0.4, -0.2) is 29.1 Å². The van der Waals surface area contributed by atoms with Gasteiger partial charge in [0.15, 0.2) is 5.82 Å². The van der Waals surface area contributed by atoms with Crippen molar-refractivity contribution >= 4 is 21.8 Å². The first-order valence-electron chi connectivity index (χ1n) is 6.06. The zero-order valence-corrected chi connectivity index (χ0v) is 12.6. The molecular formula is C13H18BrFN2O2. The minimum atomic E-state index is -0.642. The van der Waals surface area contributed by atoms with Gasteiger partial charge in [-0.15, -0.1) is 0 Å². The number of amides is 1. The first-order chi connectivity index (χ1) is 8.85. The van der Waals surface area contributed by atoms with E-state index in [2.05, 4.69) is 26.2 Å². The molecule has 0 radical (unpaired) electrons. The SMILES string of the molecule is CC(C)(CO)CCCNC(=O)c1cc(Br)ncc1F. The smallest absolute Gasteiger partial charge is 0.254 e. The number of aliphatic hydroxyl groups is 1. The van der Waals surface area contributed by atoms with Gasteiger partial charge < -0.3 is 10.4 Å². The van der Waals surface area contributed by atoms with E-state index in [0.717, 1.165) is 19.0 Å². The van der Waals surface area contributed by atoms with Crippen LogP contribution in [0.15, 0.2) is 16.9 Å². The molecule has 0 atom stereocenters. The Morgan fingerprint density at radius 3 is 2.89 bits per heavy atom. The summed E-state index contributed by atoms with van der Waals surface area (Å²) in [5.41, 5.74) is -0.182. The summed E-state index contributed by atoms with van der Waals surface area (Å²) in [5, 5.41) is 11.8. The largest absolute Gasteiger partial charge is 0.396 e. The van der Waals surface area contributed by atoms with E-state index in [9.17, 15) is 9.18 Å². The van der Waals surface area contributed by atoms with E-state index in [4.69, 9.17) is 5.11 Å². The normalized spacial score (nSPS) is 11.4. The van der Waals surface area contributed by atoms with Gasteiger partial charge in [-0.05, 0) is 40.3 Å². The summed E-state index contributed by atoms with van der Waals surface area (Å²) >= 11 is 3.10. The van der Waals surface area contributed by atoms with Crippen LogP contribution in [-0.2, 0) is 0 Å². The number of halogens is 2. The molecule has 19 heavy (non-hydrogen) atoms. The molecule has 4 nitrogen and oxygen atoms in total. The number of aromatic nitrogens is 1. The van der Waals surface area contributed by atoms with Crippen molar-refractivity contribution < 1.29 is 14.3 Å². The number of hydrogen-bond acceptors (Lipinski definition) is 3. The quantitative estimate of drug-likeness (QED) is 0.621. The highest BCUT2D eigenvalue weighted by Gasteiger charge is 2.16. The third-order valence-electron chi connectivity index (χ3n) is 2.81. The van der Waals surface area contributed by atoms with Crippen LogP contribution in [0.2, 0.25) is 0 Å². The Labute approximate surface area is 120 Å². The van der Waals surface area contributed by atoms with E-state index < -0.39 is 11.7 Å². The zero-order chi connectivity index (χ0) is 14.5. The van der Waals surface area contributed by atoms with Crippen molar-refractivity contribution in [1.29, 1.82) is 0 Å². The third kappa shape index (κ3) is 5.24. The lowest BCUT2D eigenvalue weighted by atomic mass is 9.89. The van der Waals surface area contributed by atoms with Crippen molar-refractivity contribution in [3.8, 4) is 0 Å². The average Bonchev–Trinajstić information content (AvgIpc) is 2.37. The molecule has 1 aromatic heterocycles. The number of rotatable bonds is 6. The molecule has 0 aliphatic heterocycles. The molecule has 0 aromatic carbocycles. The Bertz CT molecular complexity index is 452. The van der Waals surface area contributed by atoms with Crippen molar-refractivity contribution in [2.24, 2.45) is 5.41 Å². The minimum absolute atomic E-state index is 0.0247. The summed E-state index contributed by atoms with van der Waals surface area (Å²) in [4.78, 5) is 15.5. The molecule has 1 heterocycles. The molecule has 0 spiro atoms. The number of aliphatic hydroxyl groups excluding tert-OH is 1. The fraction of sp³-hybridized carbons (Fsp3) is 0.538. The zero-order valence-electron chi connectivity index (χ0n) is 11.0. The number of hydrogen-bond donors (Lipinski definition) is 2. The second kappa shape index (κ2) is 6.96. The van der Waals surface area contributed by atoms with Crippen molar-refractivity contribution in [1.82, 2.24) is 10.3 Å². The van der Waals surface area contributed by atoms with Crippen LogP contribution < -0.4 is 5.32 Å². The molecule has 0 unspecified atom stereocenters. The van der Waals surface area contributed by atoms with E-state index in [-0.39, 0.29) is 17.6 Å². The highest BCUT2D eigenvalue weighted by Crippen LogP contribution is 2.20. The summed E-state index contributed by atoms with van der Waals surface area (Å²) in [5.74, 6) is -1.10. The van der Waals surface area contributed by atoms with Gasteiger partial charge in [-0.3, -0.25) is 4.79 Å². The van der Waals surface area contributed by atoms with Gasteiger partial charge >= 0.3 is 0 Å². The molecule has 0 bridgehead atoms. The predicted molar refractivity (Wildman–Crippen MR) is 74.3 cm³/mol. The Morgan fingerprint density at radius 2 is 2.26 bits per heavy atom. The van der Waals surface area contributed by atoms with Gasteiger partial charge in [-0.25, -0.2) is 9.37 Å². The fourth-order valence-electron chi connectivity index (χ4n) is 1.53. The van der Waals surface area contributed by atoms with Gasteiger partial charge in [0, 0.05) is 13.2 Å². The van der Waals surface area contributed by atoms with Gasteiger partial charge in [-0.2, -0.15) is 0 Å². The molecule has 0 aliphatic carbocycles. The predicted octanol–water partition coefficient (Wildman–Crippen LogP) is 2.51. The van der Waals surface area contributed by atoms with Crippen LogP contribution in [0.1, 0.15) is 37.0 Å². The minimum Gasteiger partial charge on any atom is -0.396 e. The average molecular weight is 333 g/mol. The molecule has 6 heteroatoms. The number of carbonyl (C=O) groups is 1. The molecule has 0 aliphatic rings. The lowest BCUT2D eigenvalue weighted by Gasteiger charge is -2.21. The molecule has 1 amide bonds. The molecule has 1 rings (SSSR count). The summed E-state index contributed by atoms with van der Waals surface area (Å²) in [7, 11) is 0. The molecule has 0 fully saturated rings. The van der Waals surface area contributed by atoms with Gasteiger partial charge in [-0.1, -0.05) is 13.8 Å². The van der Waals surface area contributed by atoms with Crippen LogP contribution in [0.4, 0.5) is 4.39 Å². The van der Waals surface area contributed by atoms with E-state index in [0.29, 0.717) is 11.1 Å². The van der Waals surface area contributed by atoms with Crippen LogP contribution in [0.5, 0.6) is 0 Å². The van der Waals surface area contributed by atoms with Crippen LogP contribution >= 0.6 is 15.9 Å². The van der Waals surface area contributed by atoms with Crippen molar-refractivity contribution in [3.63, 3.8) is 0 Å². The first-order valence-corrected chi connectivity index (χ1v) is 6.85. The summed E-state index contributed by atoms with van der Waals surface area (Å²) in [6, 6.07) is 1.35. The lowest BCUT2D eigenvalue weighted by Crippen LogP contribution is -2.27. The van der Waals surface area contributed by atoms with Crippen molar-refractivity contribution in [3.05, 3.63) is 28.2 Å². The van der Waals surface area contributed by atoms with Crippen LogP contribution in [0.3, 0.4) is 0 Å². The highest BCUT2D eigenvalue weighted by atomic mass is 79.9. The Hall–Kier alpha value is -1.01. The monoisotopic (exact) mass is 332 g/mol. The van der Waals surface area contributed by atoms with E-state index in [1.54, 1.807) is 0 Å². The van der Waals surface area contributed by atoms with E-state index in [1.165, 1.54) is 6.07 Å². The third-order valence-corrected chi connectivity index (χ3v) is 3.24. The van der Waals surface area contributed by atoms with Gasteiger partial charge in [0.2, 0.25) is 0 Å². The first kappa shape index (κ1) is 16.0. The van der Waals surface area contributed by atoms with E-state index >= 15 is 0 Å². The summed E-state index contributed by atoms with van der Waals surface area (Å²) < 4.78 is 13.8. The number of nitrogens with zero attached hydrogens (tertiary/aromatic N) is 1. The second-order valence-corrected chi connectivity index (χ2v) is 5.98. The second-order valence-electron chi connectivity index (χ2n) is 5.17. The van der Waals surface area contributed by atoms with Gasteiger partial charge in [0.05, 0.1) is 11.8 Å². The lowest BCUT2D eigenvalue weighted by molar-refractivity contribution is 0.0944. The molecule has 2 N–H and O–H groups in total. The maximum absolute atomic E-state index is 13.4. The van der Waals surface area contributed by atoms with Crippen LogP contribution in [0.25, 0.3) is 0 Å². The Kier molecular flexibility index (Phi) is 5.87. The standard InChI is InChI=1S/C13H18BrFN2O2/c1-13(2,8-18)4-3-5-16-12(19)9-6-11(14)17-7-10(9)15/h6-7,18H,3-5,8H2,1-2H3,(H,16,19). The molecule has 0 saturated carbocycles. The summed E-state index contributed by atoms with van der Waals surface area (Å²) in [6.45, 7) is 4.46. The Balaban J connectivity index is 2.46. The number of pyridine rings is 1. The molecule has 1 aromatic rings. The maximum Gasteiger partial charge on any atom is 0.254 e. The van der Waals surface area contributed by atoms with E-state index in [1.807, 2.05) is 13.8 Å². The fourth-order valence-corrected chi connectivity index (χ4v) is 1.86. The maximum atomic E-state index is 13.4. The summed E-state index contributed by atoms with van der Waals surface area (Å²) in [6.07, 6.45) is 2.52. The topological polar surface area (TPSA) is 62.2 Å². The molecular weight excluding hydrogens is 315 g/mol. The van der Waals surface area contributed by atoms with Crippen molar-refractivity contribution in [2.75, 3.05) is 13.2 Å². The number of nitrogens with one attached hydrogen (secondary N) is 1. The van der Waals surface area contributed by atoms with Gasteiger partial charge in [0.1, 0.15) is 4.60 Å². The van der Waals surface area contributed by atoms with Gasteiger partial charge in [0.25, 0.3) is 5.91 Å². The molecule has 106 valence electrons. The molecule has 0 saturated heterocycles. The Morgan fingerprint density at radius 1 is 1.58 bits per heavy atom. The highest BCUT2D eigenvalue weighted by molar-refractivity contribution is 9.10. The van der Waals surface area contributed by atoms with Crippen molar-refractivity contribution in [2.45, 2.75) is 26.7 Å². The number of carbonyl (C=O) groups excluding carboxylic acids is 1. The van der Waals surface area contributed by atoms with Crippen LogP contribution in [0, 0.1) is 11.2 Å².